The van der Waals surface area contributed by atoms with Crippen LogP contribution in [0.25, 0.3) is 11.1 Å². The van der Waals surface area contributed by atoms with E-state index in [4.69, 9.17) is 14.2 Å². The molecule has 0 aromatic heterocycles. The van der Waals surface area contributed by atoms with Crippen molar-refractivity contribution in [2.75, 3.05) is 18.9 Å². The second-order valence-electron chi connectivity index (χ2n) is 14.4. The maximum Gasteiger partial charge on any atom is 0.319 e. The minimum Gasteiger partial charge on any atom is -0.457 e. The Morgan fingerprint density at radius 1 is 0.772 bits per heavy atom. The molecule has 7 rings (SSSR count). The molecule has 1 fully saturated rings. The molecule has 0 spiro atoms. The molecule has 1 saturated heterocycles. The molecule has 2 amide bonds. The summed E-state index contributed by atoms with van der Waals surface area (Å²) >= 11 is 0. The number of likely N-dealkylation sites (N-methyl/N-ethyl adjacent to an activating group) is 1. The number of aliphatic hydroxyl groups is 2. The fraction of sp³-hybridized carbons (Fsp3) is 0.229. The number of hydrogen-bond donors (Lipinski definition) is 4. The summed E-state index contributed by atoms with van der Waals surface area (Å²) in [5, 5.41) is 26.7. The summed E-state index contributed by atoms with van der Waals surface area (Å²) < 4.78 is 19.1. The first kappa shape index (κ1) is 39.4. The number of carbonyl (C=O) groups is 1. The fourth-order valence-corrected chi connectivity index (χ4v) is 7.05. The van der Waals surface area contributed by atoms with E-state index in [1.54, 1.807) is 12.1 Å². The lowest BCUT2D eigenvalue weighted by molar-refractivity contribution is -0.253. The summed E-state index contributed by atoms with van der Waals surface area (Å²) in [6, 6.07) is 50.1. The van der Waals surface area contributed by atoms with E-state index in [1.807, 2.05) is 147 Å². The number of rotatable bonds is 14. The predicted molar refractivity (Wildman–Crippen MR) is 223 cm³/mol. The first-order valence-corrected chi connectivity index (χ1v) is 19.3. The highest BCUT2D eigenvalue weighted by molar-refractivity contribution is 5.89. The van der Waals surface area contributed by atoms with Gasteiger partial charge in [-0.1, -0.05) is 121 Å². The highest BCUT2D eigenvalue weighted by Crippen LogP contribution is 2.39. The SMILES string of the molecule is C[C@H]([C@@H](O)c1ccccc1)N(C)C[C@H]1C[C@@H](c2ccc(CO)cc2)O[C@@H](c2ccc(-c3ccccc3CNC(=O)Nc3ccc(Oc4ccccc4)cc3)cc2)O1. The zero-order valence-corrected chi connectivity index (χ0v) is 32.2. The smallest absolute Gasteiger partial charge is 0.319 e. The number of hydrogen-bond acceptors (Lipinski definition) is 7. The third-order valence-corrected chi connectivity index (χ3v) is 10.4. The number of ether oxygens (including phenoxy) is 3. The monoisotopic (exact) mass is 763 g/mol. The van der Waals surface area contributed by atoms with E-state index in [9.17, 15) is 15.0 Å². The van der Waals surface area contributed by atoms with Gasteiger partial charge in [-0.15, -0.1) is 0 Å². The zero-order valence-electron chi connectivity index (χ0n) is 32.2. The second-order valence-corrected chi connectivity index (χ2v) is 14.4. The Morgan fingerprint density at radius 3 is 2.11 bits per heavy atom. The molecule has 6 aromatic rings. The number of anilines is 1. The van der Waals surface area contributed by atoms with Crippen LogP contribution in [-0.4, -0.2) is 46.9 Å². The molecule has 1 aliphatic heterocycles. The number of para-hydroxylation sites is 1. The number of urea groups is 1. The average Bonchev–Trinajstić information content (AvgIpc) is 3.26. The van der Waals surface area contributed by atoms with Crippen molar-refractivity contribution in [3.63, 3.8) is 0 Å². The molecule has 9 nitrogen and oxygen atoms in total. The highest BCUT2D eigenvalue weighted by Gasteiger charge is 2.34. The van der Waals surface area contributed by atoms with Crippen LogP contribution in [-0.2, 0) is 22.6 Å². The van der Waals surface area contributed by atoms with E-state index in [0.717, 1.165) is 44.7 Å². The van der Waals surface area contributed by atoms with Crippen molar-refractivity contribution in [2.24, 2.45) is 0 Å². The van der Waals surface area contributed by atoms with Gasteiger partial charge in [0.1, 0.15) is 11.5 Å². The molecule has 57 heavy (non-hydrogen) atoms. The molecule has 1 aliphatic rings. The minimum absolute atomic E-state index is 0.0220. The van der Waals surface area contributed by atoms with Gasteiger partial charge >= 0.3 is 6.03 Å². The number of nitrogens with zero attached hydrogens (tertiary/aromatic N) is 1. The maximum atomic E-state index is 12.9. The van der Waals surface area contributed by atoms with E-state index in [2.05, 4.69) is 27.7 Å². The Morgan fingerprint density at radius 2 is 1.40 bits per heavy atom. The van der Waals surface area contributed by atoms with Crippen molar-refractivity contribution >= 4 is 11.7 Å². The first-order valence-electron chi connectivity index (χ1n) is 19.3. The van der Waals surface area contributed by atoms with Gasteiger partial charge in [0.25, 0.3) is 0 Å². The summed E-state index contributed by atoms with van der Waals surface area (Å²) in [5.74, 6) is 1.42. The Kier molecular flexibility index (Phi) is 13.1. The maximum absolute atomic E-state index is 12.9. The Balaban J connectivity index is 1.01. The van der Waals surface area contributed by atoms with Crippen molar-refractivity contribution in [2.45, 2.75) is 57.1 Å². The van der Waals surface area contributed by atoms with E-state index >= 15 is 0 Å². The quantitative estimate of drug-likeness (QED) is 0.0875. The Hall–Kier alpha value is -5.81. The van der Waals surface area contributed by atoms with Gasteiger partial charge in [-0.3, -0.25) is 4.90 Å². The van der Waals surface area contributed by atoms with Crippen molar-refractivity contribution in [1.29, 1.82) is 0 Å². The minimum atomic E-state index is -0.646. The van der Waals surface area contributed by atoms with Crippen molar-refractivity contribution in [3.8, 4) is 22.6 Å². The molecule has 292 valence electrons. The van der Waals surface area contributed by atoms with Crippen molar-refractivity contribution in [3.05, 3.63) is 186 Å². The van der Waals surface area contributed by atoms with Crippen LogP contribution >= 0.6 is 0 Å². The van der Waals surface area contributed by atoms with Crippen molar-refractivity contribution < 1.29 is 29.2 Å². The number of nitrogens with one attached hydrogen (secondary N) is 2. The Labute approximate surface area is 334 Å². The molecule has 0 bridgehead atoms. The molecule has 0 aliphatic carbocycles. The number of benzene rings is 6. The fourth-order valence-electron chi connectivity index (χ4n) is 7.05. The first-order chi connectivity index (χ1) is 27.8. The van der Waals surface area contributed by atoms with Crippen LogP contribution in [0.5, 0.6) is 11.5 Å². The largest absolute Gasteiger partial charge is 0.457 e. The lowest BCUT2D eigenvalue weighted by Gasteiger charge is -2.39. The van der Waals surface area contributed by atoms with Crippen LogP contribution in [0.4, 0.5) is 10.5 Å². The Bertz CT molecular complexity index is 2170. The molecule has 0 saturated carbocycles. The summed E-state index contributed by atoms with van der Waals surface area (Å²) in [6.45, 7) is 2.93. The van der Waals surface area contributed by atoms with Gasteiger partial charge in [-0.2, -0.15) is 0 Å². The van der Waals surface area contributed by atoms with Crippen LogP contribution in [0, 0.1) is 0 Å². The molecular formula is C48H49N3O6. The molecule has 0 unspecified atom stereocenters. The van der Waals surface area contributed by atoms with Gasteiger partial charge in [-0.25, -0.2) is 4.79 Å². The van der Waals surface area contributed by atoms with Crippen LogP contribution in [0.1, 0.15) is 59.7 Å². The molecule has 4 N–H and O–H groups in total. The third-order valence-electron chi connectivity index (χ3n) is 10.4. The molecule has 9 heteroatoms. The highest BCUT2D eigenvalue weighted by atomic mass is 16.7. The van der Waals surface area contributed by atoms with Gasteiger partial charge < -0.3 is 35.1 Å². The van der Waals surface area contributed by atoms with Crippen LogP contribution in [0.15, 0.2) is 158 Å². The van der Waals surface area contributed by atoms with Crippen LogP contribution in [0.2, 0.25) is 0 Å². The van der Waals surface area contributed by atoms with Gasteiger partial charge in [0.05, 0.1) is 24.9 Å². The predicted octanol–water partition coefficient (Wildman–Crippen LogP) is 9.56. The standard InChI is InChI=1S/C48H49N3O6/c1-33(46(53)37-11-5-3-6-12-37)51(2)31-43-29-45(36-19-17-34(32-52)18-20-36)57-47(56-43)38-23-21-35(22-24-38)44-16-10-9-13-39(44)30-49-48(54)50-40-25-27-42(28-26-40)55-41-14-7-4-8-15-41/h3-28,33,43,45-47,52-53H,29-32H2,1-2H3,(H2,49,50,54)/t33-,43-,45+,46-,47+/m1/s1. The zero-order chi connectivity index (χ0) is 39.6. The summed E-state index contributed by atoms with van der Waals surface area (Å²) in [6.07, 6.45) is -1.05. The van der Waals surface area contributed by atoms with Crippen LogP contribution < -0.4 is 15.4 Å². The second kappa shape index (κ2) is 18.9. The van der Waals surface area contributed by atoms with E-state index in [1.165, 1.54) is 0 Å². The van der Waals surface area contributed by atoms with Crippen LogP contribution in [0.3, 0.4) is 0 Å². The lowest BCUT2D eigenvalue weighted by Crippen LogP contribution is -2.43. The number of amides is 2. The molecular weight excluding hydrogens is 715 g/mol. The van der Waals surface area contributed by atoms with Gasteiger partial charge in [0, 0.05) is 36.8 Å². The average molecular weight is 764 g/mol. The lowest BCUT2D eigenvalue weighted by atomic mass is 9.97. The summed E-state index contributed by atoms with van der Waals surface area (Å²) in [4.78, 5) is 15.1. The summed E-state index contributed by atoms with van der Waals surface area (Å²) in [7, 11) is 2.01. The van der Waals surface area contributed by atoms with Crippen molar-refractivity contribution in [1.82, 2.24) is 10.2 Å². The number of carbonyl (C=O) groups excluding carboxylic acids is 1. The van der Waals surface area contributed by atoms with E-state index < -0.39 is 12.4 Å². The third kappa shape index (κ3) is 10.3. The van der Waals surface area contributed by atoms with Gasteiger partial charge in [0.2, 0.25) is 0 Å². The van der Waals surface area contributed by atoms with Gasteiger partial charge in [-0.05, 0) is 83.8 Å². The molecule has 5 atom stereocenters. The van der Waals surface area contributed by atoms with E-state index in [0.29, 0.717) is 30.9 Å². The van der Waals surface area contributed by atoms with E-state index in [-0.39, 0.29) is 30.9 Å². The number of aliphatic hydroxyl groups excluding tert-OH is 2. The molecule has 0 radical (unpaired) electrons. The van der Waals surface area contributed by atoms with Gasteiger partial charge in [0.15, 0.2) is 6.29 Å². The normalized spacial score (nSPS) is 17.7. The molecule has 1 heterocycles. The topological polar surface area (TPSA) is 113 Å². The summed E-state index contributed by atoms with van der Waals surface area (Å²) in [5.41, 5.74) is 7.25. The molecule has 6 aromatic carbocycles.